The van der Waals surface area contributed by atoms with Crippen LogP contribution in [-0.4, -0.2) is 12.5 Å². The van der Waals surface area contributed by atoms with Gasteiger partial charge in [-0.25, -0.2) is 0 Å². The van der Waals surface area contributed by atoms with Gasteiger partial charge in [0.15, 0.2) is 0 Å². The fourth-order valence-electron chi connectivity index (χ4n) is 2.15. The van der Waals surface area contributed by atoms with Crippen molar-refractivity contribution in [1.82, 2.24) is 0 Å². The van der Waals surface area contributed by atoms with Gasteiger partial charge in [0.25, 0.3) is 5.91 Å². The van der Waals surface area contributed by atoms with Crippen LogP contribution in [0.1, 0.15) is 18.1 Å². The molecule has 2 aromatic rings. The first-order valence-electron chi connectivity index (χ1n) is 7.46. The average Bonchev–Trinajstić information content (AvgIpc) is 2.56. The first kappa shape index (κ1) is 17.6. The molecule has 2 rings (SSSR count). The minimum Gasteiger partial charge on any atom is -0.493 e. The van der Waals surface area contributed by atoms with E-state index in [1.165, 1.54) is 6.08 Å². The van der Waals surface area contributed by atoms with Gasteiger partial charge in [-0.1, -0.05) is 29.8 Å². The Balaban J connectivity index is 2.28. The number of benzene rings is 2. The van der Waals surface area contributed by atoms with Crippen molar-refractivity contribution in [2.45, 2.75) is 13.8 Å². The highest BCUT2D eigenvalue weighted by Gasteiger charge is 2.12. The van der Waals surface area contributed by atoms with Crippen LogP contribution in [0.3, 0.4) is 0 Å². The molecule has 0 heterocycles. The van der Waals surface area contributed by atoms with Gasteiger partial charge < -0.3 is 10.1 Å². The van der Waals surface area contributed by atoms with Gasteiger partial charge in [-0.15, -0.1) is 0 Å². The van der Waals surface area contributed by atoms with Crippen molar-refractivity contribution >= 4 is 29.3 Å². The molecule has 0 atom stereocenters. The number of nitrogens with one attached hydrogen (secondary N) is 1. The quantitative estimate of drug-likeness (QED) is 0.639. The molecule has 0 aliphatic heterocycles. The van der Waals surface area contributed by atoms with Crippen molar-refractivity contribution in [1.29, 1.82) is 5.26 Å². The maximum atomic E-state index is 12.4. The SMILES string of the molecule is CCOc1ccccc1/C=C(\C#N)C(=O)Nc1ccc(Cl)cc1C. The molecule has 0 aliphatic rings. The number of amides is 1. The van der Waals surface area contributed by atoms with Gasteiger partial charge in [0.2, 0.25) is 0 Å². The Morgan fingerprint density at radius 3 is 2.75 bits per heavy atom. The molecule has 1 amide bonds. The standard InChI is InChI=1S/C19H17ClN2O2/c1-3-24-18-7-5-4-6-14(18)11-15(12-21)19(23)22-17-9-8-16(20)10-13(17)2/h4-11H,3H2,1-2H3,(H,22,23)/b15-11+. The van der Waals surface area contributed by atoms with Crippen molar-refractivity contribution < 1.29 is 9.53 Å². The molecule has 122 valence electrons. The molecule has 0 unspecified atom stereocenters. The Kier molecular flexibility index (Phi) is 6.00. The van der Waals surface area contributed by atoms with E-state index >= 15 is 0 Å². The first-order chi connectivity index (χ1) is 11.5. The van der Waals surface area contributed by atoms with E-state index in [1.807, 2.05) is 32.0 Å². The second-order valence-electron chi connectivity index (χ2n) is 5.05. The molecule has 0 aromatic heterocycles. The van der Waals surface area contributed by atoms with Gasteiger partial charge in [-0.2, -0.15) is 5.26 Å². The lowest BCUT2D eigenvalue weighted by molar-refractivity contribution is -0.112. The first-order valence-corrected chi connectivity index (χ1v) is 7.84. The summed E-state index contributed by atoms with van der Waals surface area (Å²) >= 11 is 5.91. The number of nitriles is 1. The number of para-hydroxylation sites is 1. The zero-order valence-electron chi connectivity index (χ0n) is 13.5. The van der Waals surface area contributed by atoms with Crippen molar-refractivity contribution in [2.75, 3.05) is 11.9 Å². The van der Waals surface area contributed by atoms with Crippen LogP contribution in [0.4, 0.5) is 5.69 Å². The zero-order valence-corrected chi connectivity index (χ0v) is 14.2. The molecule has 2 aromatic carbocycles. The van der Waals surface area contributed by atoms with E-state index in [9.17, 15) is 10.1 Å². The minimum atomic E-state index is -0.478. The number of anilines is 1. The largest absolute Gasteiger partial charge is 0.493 e. The summed E-state index contributed by atoms with van der Waals surface area (Å²) in [6.45, 7) is 4.21. The third-order valence-corrected chi connectivity index (χ3v) is 3.56. The van der Waals surface area contributed by atoms with E-state index in [0.29, 0.717) is 28.6 Å². The number of carbonyl (C=O) groups excluding carboxylic acids is 1. The Hall–Kier alpha value is -2.77. The molecule has 1 N–H and O–H groups in total. The van der Waals surface area contributed by atoms with Gasteiger partial charge in [0.05, 0.1) is 6.61 Å². The highest BCUT2D eigenvalue weighted by molar-refractivity contribution is 6.30. The molecular formula is C19H17ClN2O2. The molecule has 4 nitrogen and oxygen atoms in total. The summed E-state index contributed by atoms with van der Waals surface area (Å²) in [5, 5.41) is 12.6. The van der Waals surface area contributed by atoms with Crippen LogP contribution < -0.4 is 10.1 Å². The lowest BCUT2D eigenvalue weighted by atomic mass is 10.1. The molecule has 24 heavy (non-hydrogen) atoms. The van der Waals surface area contributed by atoms with Crippen LogP contribution in [0.15, 0.2) is 48.0 Å². The number of halogens is 1. The summed E-state index contributed by atoms with van der Waals surface area (Å²) in [6, 6.07) is 14.3. The zero-order chi connectivity index (χ0) is 17.5. The molecule has 0 saturated carbocycles. The van der Waals surface area contributed by atoms with E-state index < -0.39 is 5.91 Å². The normalized spacial score (nSPS) is 10.8. The lowest BCUT2D eigenvalue weighted by Gasteiger charge is -2.09. The van der Waals surface area contributed by atoms with E-state index in [0.717, 1.165) is 5.56 Å². The number of nitrogens with zero attached hydrogens (tertiary/aromatic N) is 1. The number of carbonyl (C=O) groups is 1. The molecule has 0 radical (unpaired) electrons. The smallest absolute Gasteiger partial charge is 0.266 e. The highest BCUT2D eigenvalue weighted by Crippen LogP contribution is 2.23. The summed E-state index contributed by atoms with van der Waals surface area (Å²) in [4.78, 5) is 12.4. The lowest BCUT2D eigenvalue weighted by Crippen LogP contribution is -2.14. The minimum absolute atomic E-state index is 0.00324. The van der Waals surface area contributed by atoms with Gasteiger partial charge in [0, 0.05) is 16.3 Å². The van der Waals surface area contributed by atoms with Crippen molar-refractivity contribution in [3.63, 3.8) is 0 Å². The van der Waals surface area contributed by atoms with Gasteiger partial charge in [-0.05, 0) is 49.8 Å². The third kappa shape index (κ3) is 4.37. The molecule has 5 heteroatoms. The topological polar surface area (TPSA) is 62.1 Å². The van der Waals surface area contributed by atoms with Crippen molar-refractivity contribution in [2.24, 2.45) is 0 Å². The summed E-state index contributed by atoms with van der Waals surface area (Å²) in [5.41, 5.74) is 2.11. The van der Waals surface area contributed by atoms with Crippen LogP contribution >= 0.6 is 11.6 Å². The van der Waals surface area contributed by atoms with E-state index in [-0.39, 0.29) is 5.57 Å². The molecular weight excluding hydrogens is 324 g/mol. The fraction of sp³-hybridized carbons (Fsp3) is 0.158. The second-order valence-corrected chi connectivity index (χ2v) is 5.49. The molecule has 0 bridgehead atoms. The summed E-state index contributed by atoms with van der Waals surface area (Å²) in [5.74, 6) is 0.150. The Morgan fingerprint density at radius 2 is 2.08 bits per heavy atom. The van der Waals surface area contributed by atoms with Gasteiger partial charge in [-0.3, -0.25) is 4.79 Å². The highest BCUT2D eigenvalue weighted by atomic mass is 35.5. The molecule has 0 saturated heterocycles. The second kappa shape index (κ2) is 8.19. The Labute approximate surface area is 146 Å². The monoisotopic (exact) mass is 340 g/mol. The predicted octanol–water partition coefficient (Wildman–Crippen LogP) is 4.59. The number of hydrogen-bond donors (Lipinski definition) is 1. The number of ether oxygens (including phenoxy) is 1. The third-order valence-electron chi connectivity index (χ3n) is 3.32. The molecule has 0 spiro atoms. The Bertz CT molecular complexity index is 822. The van der Waals surface area contributed by atoms with Crippen LogP contribution in [0, 0.1) is 18.3 Å². The predicted molar refractivity (Wildman–Crippen MR) is 96.0 cm³/mol. The van der Waals surface area contributed by atoms with Crippen LogP contribution in [0.5, 0.6) is 5.75 Å². The summed E-state index contributed by atoms with van der Waals surface area (Å²) in [6.07, 6.45) is 1.52. The van der Waals surface area contributed by atoms with Crippen LogP contribution in [-0.2, 0) is 4.79 Å². The van der Waals surface area contributed by atoms with Crippen LogP contribution in [0.2, 0.25) is 5.02 Å². The Morgan fingerprint density at radius 1 is 1.33 bits per heavy atom. The van der Waals surface area contributed by atoms with Crippen molar-refractivity contribution in [3.8, 4) is 11.8 Å². The van der Waals surface area contributed by atoms with Crippen molar-refractivity contribution in [3.05, 3.63) is 64.2 Å². The van der Waals surface area contributed by atoms with Gasteiger partial charge >= 0.3 is 0 Å². The van der Waals surface area contributed by atoms with E-state index in [2.05, 4.69) is 5.32 Å². The van der Waals surface area contributed by atoms with E-state index in [4.69, 9.17) is 16.3 Å². The number of hydrogen-bond acceptors (Lipinski definition) is 3. The number of aryl methyl sites for hydroxylation is 1. The molecule has 0 aliphatic carbocycles. The van der Waals surface area contributed by atoms with E-state index in [1.54, 1.807) is 30.3 Å². The maximum absolute atomic E-state index is 12.4. The summed E-state index contributed by atoms with van der Waals surface area (Å²) in [7, 11) is 0. The fourth-order valence-corrected chi connectivity index (χ4v) is 2.37. The van der Waals surface area contributed by atoms with Crippen LogP contribution in [0.25, 0.3) is 6.08 Å². The maximum Gasteiger partial charge on any atom is 0.266 e. The molecule has 0 fully saturated rings. The number of rotatable bonds is 5. The average molecular weight is 341 g/mol. The van der Waals surface area contributed by atoms with Gasteiger partial charge in [0.1, 0.15) is 17.4 Å². The summed E-state index contributed by atoms with van der Waals surface area (Å²) < 4.78 is 5.51.